The number of carbonyl (C=O) groups excluding carboxylic acids is 2. The van der Waals surface area contributed by atoms with Crippen LogP contribution < -0.4 is 9.47 Å². The Bertz CT molecular complexity index is 1130. The number of hydrogen-bond acceptors (Lipinski definition) is 5. The zero-order valence-electron chi connectivity index (χ0n) is 17.2. The number of nitrogens with zero attached hydrogens (tertiary/aromatic N) is 2. The van der Waals surface area contributed by atoms with E-state index in [0.717, 1.165) is 11.4 Å². The molecule has 4 atom stereocenters. The predicted molar refractivity (Wildman–Crippen MR) is 119 cm³/mol. The molecular weight excluding hydrogens is 479 g/mol. The maximum atomic E-state index is 14.0. The minimum atomic E-state index is -0.373. The zero-order chi connectivity index (χ0) is 22.4. The molecule has 5 rings (SSSR count). The summed E-state index contributed by atoms with van der Waals surface area (Å²) in [5.74, 6) is -0.541. The average molecular weight is 499 g/mol. The topological polar surface area (TPSA) is 68.2 Å². The lowest BCUT2D eigenvalue weighted by Crippen LogP contribution is -2.28. The molecule has 0 N–H and O–H groups in total. The van der Waals surface area contributed by atoms with Gasteiger partial charge in [-0.05, 0) is 36.5 Å². The summed E-state index contributed by atoms with van der Waals surface area (Å²) in [6, 6.07) is 9.79. The number of hydrogen-bond donors (Lipinski definition) is 0. The van der Waals surface area contributed by atoms with Crippen molar-refractivity contribution in [3.8, 4) is 11.5 Å². The third kappa shape index (κ3) is 3.43. The largest absolute Gasteiger partial charge is 0.493 e. The van der Waals surface area contributed by atoms with Crippen molar-refractivity contribution in [1.29, 1.82) is 0 Å². The summed E-state index contributed by atoms with van der Waals surface area (Å²) in [6.07, 6.45) is 6.35. The van der Waals surface area contributed by atoms with E-state index in [1.807, 2.05) is 12.2 Å². The Morgan fingerprint density at radius 1 is 1.16 bits per heavy atom. The normalized spacial score (nSPS) is 25.8. The highest BCUT2D eigenvalue weighted by Crippen LogP contribution is 2.52. The molecule has 4 unspecified atom stereocenters. The molecule has 164 valence electrons. The van der Waals surface area contributed by atoms with Crippen molar-refractivity contribution in [2.75, 3.05) is 7.11 Å². The number of benzene rings is 2. The van der Waals surface area contributed by atoms with E-state index in [0.29, 0.717) is 27.1 Å². The van der Waals surface area contributed by atoms with Crippen LogP contribution in [0.25, 0.3) is 0 Å². The number of methoxy groups -OCH3 is 1. The fourth-order valence-corrected chi connectivity index (χ4v) is 5.33. The monoisotopic (exact) mass is 498 g/mol. The molecule has 1 aliphatic heterocycles. The minimum Gasteiger partial charge on any atom is -0.493 e. The average Bonchev–Trinajstić information content (AvgIpc) is 3.46. The van der Waals surface area contributed by atoms with Gasteiger partial charge in [-0.2, -0.15) is 10.1 Å². The van der Waals surface area contributed by atoms with Crippen LogP contribution in [-0.2, 0) is 16.2 Å². The summed E-state index contributed by atoms with van der Waals surface area (Å²) >= 11 is 3.42. The van der Waals surface area contributed by atoms with Gasteiger partial charge < -0.3 is 9.47 Å². The van der Waals surface area contributed by atoms with Crippen LogP contribution in [0, 0.1) is 29.5 Å². The molecule has 2 aromatic rings. The van der Waals surface area contributed by atoms with E-state index in [9.17, 15) is 14.0 Å². The standard InChI is InChI=1S/C24H20BrFN2O4/c1-31-19-10-17(25)9-16(22(19)32-12-15-4-2-3-5-18(15)26)11-27-28-23(29)20-13-6-7-14(8-13)21(20)24(28)30/h2-7,9-11,13-14,20-21H,8,12H2,1H3. The van der Waals surface area contributed by atoms with Crippen molar-refractivity contribution >= 4 is 34.0 Å². The second kappa shape index (κ2) is 8.16. The van der Waals surface area contributed by atoms with Gasteiger partial charge in [0.2, 0.25) is 0 Å². The van der Waals surface area contributed by atoms with Gasteiger partial charge in [-0.1, -0.05) is 46.3 Å². The Morgan fingerprint density at radius 3 is 2.50 bits per heavy atom. The van der Waals surface area contributed by atoms with Gasteiger partial charge in [0.05, 0.1) is 25.2 Å². The highest BCUT2D eigenvalue weighted by Gasteiger charge is 2.59. The van der Waals surface area contributed by atoms with Gasteiger partial charge in [0.25, 0.3) is 11.8 Å². The van der Waals surface area contributed by atoms with Crippen LogP contribution in [-0.4, -0.2) is 30.1 Å². The van der Waals surface area contributed by atoms with E-state index < -0.39 is 0 Å². The van der Waals surface area contributed by atoms with Crippen molar-refractivity contribution < 1.29 is 23.5 Å². The van der Waals surface area contributed by atoms with Gasteiger partial charge in [-0.25, -0.2) is 4.39 Å². The molecule has 3 aliphatic rings. The number of allylic oxidation sites excluding steroid dienone is 2. The van der Waals surface area contributed by atoms with Crippen molar-refractivity contribution in [2.45, 2.75) is 13.0 Å². The van der Waals surface area contributed by atoms with E-state index in [1.54, 1.807) is 30.3 Å². The van der Waals surface area contributed by atoms with Crippen LogP contribution in [0.4, 0.5) is 4.39 Å². The van der Waals surface area contributed by atoms with Crippen molar-refractivity contribution in [1.82, 2.24) is 5.01 Å². The summed E-state index contributed by atoms with van der Waals surface area (Å²) < 4.78 is 26.1. The number of rotatable bonds is 6. The molecule has 2 aromatic carbocycles. The molecule has 2 bridgehead atoms. The predicted octanol–water partition coefficient (Wildman–Crippen LogP) is 4.32. The van der Waals surface area contributed by atoms with Crippen molar-refractivity contribution in [3.63, 3.8) is 0 Å². The van der Waals surface area contributed by atoms with Crippen LogP contribution in [0.3, 0.4) is 0 Å². The molecule has 1 saturated carbocycles. The molecule has 0 aromatic heterocycles. The van der Waals surface area contributed by atoms with Crippen molar-refractivity contribution in [3.05, 3.63) is 70.0 Å². The highest BCUT2D eigenvalue weighted by atomic mass is 79.9. The SMILES string of the molecule is COc1cc(Br)cc(C=NN2C(=O)C3C4C=CC(C4)C3C2=O)c1OCc1ccccc1F. The zero-order valence-corrected chi connectivity index (χ0v) is 18.8. The minimum absolute atomic E-state index is 0.0216. The third-order valence-corrected chi connectivity index (χ3v) is 6.82. The number of hydrazone groups is 1. The maximum absolute atomic E-state index is 14.0. The molecule has 1 heterocycles. The second-order valence-electron chi connectivity index (χ2n) is 8.14. The summed E-state index contributed by atoms with van der Waals surface area (Å²) in [7, 11) is 1.50. The van der Waals surface area contributed by atoms with E-state index in [4.69, 9.17) is 9.47 Å². The molecule has 0 radical (unpaired) electrons. The molecule has 6 nitrogen and oxygen atoms in total. The van der Waals surface area contributed by atoms with E-state index in [-0.39, 0.29) is 47.9 Å². The van der Waals surface area contributed by atoms with Gasteiger partial charge in [0.15, 0.2) is 11.5 Å². The Morgan fingerprint density at radius 2 is 1.84 bits per heavy atom. The van der Waals surface area contributed by atoms with Crippen LogP contribution in [0.5, 0.6) is 11.5 Å². The first-order valence-electron chi connectivity index (χ1n) is 10.3. The molecule has 32 heavy (non-hydrogen) atoms. The molecule has 0 spiro atoms. The smallest absolute Gasteiger partial charge is 0.254 e. The van der Waals surface area contributed by atoms with Gasteiger partial charge in [0, 0.05) is 15.6 Å². The number of halogens is 2. The maximum Gasteiger partial charge on any atom is 0.254 e. The quantitative estimate of drug-likeness (QED) is 0.338. The van der Waals surface area contributed by atoms with Gasteiger partial charge in [-0.3, -0.25) is 9.59 Å². The van der Waals surface area contributed by atoms with Crippen LogP contribution in [0.15, 0.2) is 58.1 Å². The molecule has 1 saturated heterocycles. The fourth-order valence-electron chi connectivity index (χ4n) is 4.88. The van der Waals surface area contributed by atoms with Crippen LogP contribution in [0.2, 0.25) is 0 Å². The fraction of sp³-hybridized carbons (Fsp3) is 0.292. The van der Waals surface area contributed by atoms with E-state index >= 15 is 0 Å². The molecule has 2 aliphatic carbocycles. The third-order valence-electron chi connectivity index (χ3n) is 6.36. The molecule has 2 fully saturated rings. The van der Waals surface area contributed by atoms with Gasteiger partial charge >= 0.3 is 0 Å². The van der Waals surface area contributed by atoms with Gasteiger partial charge in [0.1, 0.15) is 12.4 Å². The van der Waals surface area contributed by atoms with Gasteiger partial charge in [-0.15, -0.1) is 0 Å². The van der Waals surface area contributed by atoms with E-state index in [2.05, 4.69) is 21.0 Å². The highest BCUT2D eigenvalue weighted by molar-refractivity contribution is 9.10. The number of fused-ring (bicyclic) bond motifs is 5. The number of carbonyl (C=O) groups is 2. The molecular formula is C24H20BrFN2O4. The Balaban J connectivity index is 1.42. The first-order valence-corrected chi connectivity index (χ1v) is 11.1. The first-order chi connectivity index (χ1) is 15.5. The Hall–Kier alpha value is -3.00. The number of amides is 2. The molecule has 8 heteroatoms. The second-order valence-corrected chi connectivity index (χ2v) is 9.05. The molecule has 2 amide bonds. The first kappa shape index (κ1) is 20.9. The van der Waals surface area contributed by atoms with E-state index in [1.165, 1.54) is 19.4 Å². The lowest BCUT2D eigenvalue weighted by molar-refractivity contribution is -0.140. The van der Waals surface area contributed by atoms with Crippen LogP contribution in [0.1, 0.15) is 17.5 Å². The Kier molecular flexibility index (Phi) is 5.33. The van der Waals surface area contributed by atoms with Crippen molar-refractivity contribution in [2.24, 2.45) is 28.8 Å². The number of ether oxygens (including phenoxy) is 2. The Labute approximate surface area is 192 Å². The van der Waals surface area contributed by atoms with Crippen LogP contribution >= 0.6 is 15.9 Å². The summed E-state index contributed by atoms with van der Waals surface area (Å²) in [5, 5.41) is 5.22. The summed E-state index contributed by atoms with van der Waals surface area (Å²) in [6.45, 7) is -0.0216. The lowest BCUT2D eigenvalue weighted by Gasteiger charge is -2.15. The summed E-state index contributed by atoms with van der Waals surface area (Å²) in [5.41, 5.74) is 0.882. The summed E-state index contributed by atoms with van der Waals surface area (Å²) in [4.78, 5) is 25.8. The number of imide groups is 1. The lowest BCUT2D eigenvalue weighted by atomic mass is 9.85.